The van der Waals surface area contributed by atoms with Crippen molar-refractivity contribution in [2.75, 3.05) is 0 Å². The summed E-state index contributed by atoms with van der Waals surface area (Å²) < 4.78 is 0. The van der Waals surface area contributed by atoms with Crippen molar-refractivity contribution in [1.82, 2.24) is 0 Å². The van der Waals surface area contributed by atoms with Crippen LogP contribution < -0.4 is 0 Å². The van der Waals surface area contributed by atoms with Crippen LogP contribution in [0.2, 0.25) is 0 Å². The fourth-order valence-corrected chi connectivity index (χ4v) is 1.92. The third kappa shape index (κ3) is 1.35. The minimum absolute atomic E-state index is 0.0500. The summed E-state index contributed by atoms with van der Waals surface area (Å²) in [4.78, 5) is 11.6. The van der Waals surface area contributed by atoms with Gasteiger partial charge in [-0.25, -0.2) is 0 Å². The zero-order valence-corrected chi connectivity index (χ0v) is 7.95. The van der Waals surface area contributed by atoms with Crippen LogP contribution in [0.15, 0.2) is 12.1 Å². The molecule has 2 rings (SSSR count). The zero-order valence-electron chi connectivity index (χ0n) is 7.95. The second-order valence-electron chi connectivity index (χ2n) is 3.93. The second-order valence-corrected chi connectivity index (χ2v) is 3.93. The summed E-state index contributed by atoms with van der Waals surface area (Å²) in [6, 6.07) is 2.84. The molecule has 0 fully saturated rings. The van der Waals surface area contributed by atoms with Crippen molar-refractivity contribution in [2.45, 2.75) is 19.8 Å². The smallest absolute Gasteiger partial charge is 0.163 e. The second kappa shape index (κ2) is 3.01. The lowest BCUT2D eigenvalue weighted by atomic mass is 9.84. The quantitative estimate of drug-likeness (QED) is 0.617. The summed E-state index contributed by atoms with van der Waals surface area (Å²) >= 11 is 0. The number of phenols is 2. The molecule has 1 aliphatic rings. The van der Waals surface area contributed by atoms with Gasteiger partial charge < -0.3 is 10.2 Å². The van der Waals surface area contributed by atoms with E-state index in [2.05, 4.69) is 0 Å². The maximum Gasteiger partial charge on any atom is 0.163 e. The molecule has 0 spiro atoms. The van der Waals surface area contributed by atoms with E-state index in [0.29, 0.717) is 17.9 Å². The molecule has 3 nitrogen and oxygen atoms in total. The molecule has 1 aliphatic carbocycles. The van der Waals surface area contributed by atoms with Crippen molar-refractivity contribution in [3.05, 3.63) is 23.3 Å². The molecule has 0 saturated heterocycles. The van der Waals surface area contributed by atoms with Crippen LogP contribution in [-0.4, -0.2) is 16.0 Å². The van der Waals surface area contributed by atoms with Crippen molar-refractivity contribution in [3.63, 3.8) is 0 Å². The monoisotopic (exact) mass is 192 g/mol. The van der Waals surface area contributed by atoms with Gasteiger partial charge >= 0.3 is 0 Å². The molecule has 1 aromatic carbocycles. The van der Waals surface area contributed by atoms with Gasteiger partial charge in [0.2, 0.25) is 0 Å². The first-order valence-corrected chi connectivity index (χ1v) is 4.66. The predicted octanol–water partition coefficient (Wildman–Crippen LogP) is 1.86. The minimum Gasteiger partial charge on any atom is -0.504 e. The van der Waals surface area contributed by atoms with E-state index in [1.54, 1.807) is 0 Å². The van der Waals surface area contributed by atoms with E-state index in [4.69, 9.17) is 0 Å². The molecule has 0 radical (unpaired) electrons. The molecule has 3 heteroatoms. The van der Waals surface area contributed by atoms with E-state index in [-0.39, 0.29) is 17.3 Å². The Morgan fingerprint density at radius 2 is 1.86 bits per heavy atom. The lowest BCUT2D eigenvalue weighted by Crippen LogP contribution is -2.17. The Hall–Kier alpha value is -1.51. The van der Waals surface area contributed by atoms with Gasteiger partial charge in [0, 0.05) is 12.0 Å². The highest BCUT2D eigenvalue weighted by Crippen LogP contribution is 2.33. The van der Waals surface area contributed by atoms with Crippen LogP contribution >= 0.6 is 0 Å². The van der Waals surface area contributed by atoms with Gasteiger partial charge in [0.25, 0.3) is 0 Å². The number of ketones is 1. The van der Waals surface area contributed by atoms with Crippen LogP contribution in [-0.2, 0) is 6.42 Å². The molecule has 0 unspecified atom stereocenters. The van der Waals surface area contributed by atoms with Gasteiger partial charge in [0.15, 0.2) is 17.3 Å². The number of benzene rings is 1. The normalized spacial score (nSPS) is 20.6. The summed E-state index contributed by atoms with van der Waals surface area (Å²) in [6.45, 7) is 2.00. The molecule has 0 amide bonds. The van der Waals surface area contributed by atoms with E-state index < -0.39 is 0 Å². The number of hydrogen-bond donors (Lipinski definition) is 2. The van der Waals surface area contributed by atoms with Crippen molar-refractivity contribution in [1.29, 1.82) is 0 Å². The molecule has 1 atom stereocenters. The van der Waals surface area contributed by atoms with E-state index >= 15 is 0 Å². The fourth-order valence-electron chi connectivity index (χ4n) is 1.92. The van der Waals surface area contributed by atoms with Crippen LogP contribution in [0.3, 0.4) is 0 Å². The number of Topliss-reactive ketones (excluding diaryl/α,β-unsaturated/α-hetero) is 1. The molecule has 0 bridgehead atoms. The number of fused-ring (bicyclic) bond motifs is 1. The first kappa shape index (κ1) is 9.06. The summed E-state index contributed by atoms with van der Waals surface area (Å²) in [5, 5.41) is 18.5. The number of hydrogen-bond acceptors (Lipinski definition) is 3. The summed E-state index contributed by atoms with van der Waals surface area (Å²) in [5.74, 6) is 0.00490. The van der Waals surface area contributed by atoms with Crippen LogP contribution in [0.1, 0.15) is 29.3 Å². The first-order chi connectivity index (χ1) is 6.58. The number of aromatic hydroxyl groups is 2. The van der Waals surface area contributed by atoms with Gasteiger partial charge in [-0.1, -0.05) is 6.92 Å². The Kier molecular flexibility index (Phi) is 1.95. The van der Waals surface area contributed by atoms with E-state index in [1.807, 2.05) is 6.92 Å². The van der Waals surface area contributed by atoms with Crippen LogP contribution in [0.4, 0.5) is 0 Å². The van der Waals surface area contributed by atoms with E-state index in [1.165, 1.54) is 12.1 Å². The van der Waals surface area contributed by atoms with Crippen molar-refractivity contribution in [3.8, 4) is 11.5 Å². The van der Waals surface area contributed by atoms with Gasteiger partial charge in [-0.15, -0.1) is 0 Å². The molecule has 14 heavy (non-hydrogen) atoms. The maximum absolute atomic E-state index is 11.6. The van der Waals surface area contributed by atoms with Crippen molar-refractivity contribution < 1.29 is 15.0 Å². The summed E-state index contributed by atoms with van der Waals surface area (Å²) in [7, 11) is 0. The van der Waals surface area contributed by atoms with E-state index in [9.17, 15) is 15.0 Å². The zero-order chi connectivity index (χ0) is 10.3. The number of carbonyl (C=O) groups excluding carboxylic acids is 1. The number of phenolic OH excluding ortho intramolecular Hbond substituents is 2. The maximum atomic E-state index is 11.6. The summed E-state index contributed by atoms with van der Waals surface area (Å²) in [5.41, 5.74) is 1.39. The van der Waals surface area contributed by atoms with Gasteiger partial charge in [-0.05, 0) is 30.0 Å². The number of carbonyl (C=O) groups is 1. The van der Waals surface area contributed by atoms with Gasteiger partial charge in [0.05, 0.1) is 0 Å². The third-order valence-corrected chi connectivity index (χ3v) is 2.60. The molecular weight excluding hydrogens is 180 g/mol. The fraction of sp³-hybridized carbons (Fsp3) is 0.364. The Labute approximate surface area is 82.0 Å². The highest BCUT2D eigenvalue weighted by molar-refractivity contribution is 5.99. The molecule has 2 N–H and O–H groups in total. The average molecular weight is 192 g/mol. The minimum atomic E-state index is -0.216. The van der Waals surface area contributed by atoms with Gasteiger partial charge in [-0.3, -0.25) is 4.79 Å². The lowest BCUT2D eigenvalue weighted by Gasteiger charge is -2.20. The molecule has 74 valence electrons. The van der Waals surface area contributed by atoms with Crippen molar-refractivity contribution >= 4 is 5.78 Å². The van der Waals surface area contributed by atoms with Crippen LogP contribution in [0.25, 0.3) is 0 Å². The Morgan fingerprint density at radius 1 is 1.21 bits per heavy atom. The third-order valence-electron chi connectivity index (χ3n) is 2.60. The topological polar surface area (TPSA) is 57.5 Å². The van der Waals surface area contributed by atoms with Crippen molar-refractivity contribution in [2.24, 2.45) is 5.92 Å². The largest absolute Gasteiger partial charge is 0.504 e. The SMILES string of the molecule is C[C@H]1CC(=O)c2cc(O)c(O)cc2C1. The molecule has 0 aromatic heterocycles. The average Bonchev–Trinajstić information content (AvgIpc) is 2.08. The Balaban J connectivity index is 2.55. The number of rotatable bonds is 0. The highest BCUT2D eigenvalue weighted by atomic mass is 16.3. The molecule has 0 heterocycles. The molecule has 0 aliphatic heterocycles. The first-order valence-electron chi connectivity index (χ1n) is 4.66. The lowest BCUT2D eigenvalue weighted by molar-refractivity contribution is 0.0953. The Morgan fingerprint density at radius 3 is 2.57 bits per heavy atom. The van der Waals surface area contributed by atoms with Gasteiger partial charge in [-0.2, -0.15) is 0 Å². The van der Waals surface area contributed by atoms with Gasteiger partial charge in [0.1, 0.15) is 0 Å². The summed E-state index contributed by atoms with van der Waals surface area (Å²) in [6.07, 6.45) is 1.31. The highest BCUT2D eigenvalue weighted by Gasteiger charge is 2.23. The van der Waals surface area contributed by atoms with E-state index in [0.717, 1.165) is 12.0 Å². The molecule has 1 aromatic rings. The Bertz CT molecular complexity index is 396. The van der Waals surface area contributed by atoms with Crippen LogP contribution in [0, 0.1) is 5.92 Å². The molecule has 0 saturated carbocycles. The molecular formula is C11H12O3. The predicted molar refractivity (Wildman–Crippen MR) is 51.6 cm³/mol. The van der Waals surface area contributed by atoms with Crippen LogP contribution in [0.5, 0.6) is 11.5 Å². The standard InChI is InChI=1S/C11H12O3/c1-6-2-7-4-10(13)11(14)5-8(7)9(12)3-6/h4-6,13-14H,2-3H2,1H3/t6-/m1/s1.